The summed E-state index contributed by atoms with van der Waals surface area (Å²) in [6.45, 7) is 13.7. The maximum atomic E-state index is 14.2. The molecule has 13 nitrogen and oxygen atoms in total. The van der Waals surface area contributed by atoms with Crippen molar-refractivity contribution in [2.24, 2.45) is 0 Å². The number of urea groups is 1. The number of aldehydes is 2. The van der Waals surface area contributed by atoms with Crippen LogP contribution in [-0.4, -0.2) is 94.5 Å². The third kappa shape index (κ3) is 11.4. The fraction of sp³-hybridized carbons (Fsp3) is 0.396. The van der Waals surface area contributed by atoms with E-state index in [0.717, 1.165) is 70.1 Å². The highest BCUT2D eigenvalue weighted by atomic mass is 35.5. The Labute approximate surface area is 422 Å². The van der Waals surface area contributed by atoms with Crippen molar-refractivity contribution in [3.05, 3.63) is 105 Å². The number of fused-ring (bicyclic) bond motifs is 1. The van der Waals surface area contributed by atoms with Gasteiger partial charge in [0.15, 0.2) is 18.3 Å². The number of imide groups is 1. The smallest absolute Gasteiger partial charge is 0.321 e. The SMILES string of the molecule is CCCC(C(=O)N(F)C=O)N(C=O)c1ccc(C2CCN(C(=O)Nc3cccc(CSN4C(C)(C)CC(Nc5cccc(-c6sc(C=O)c(OCC=O)c6Cl)c5)CC4(C)C)c3)CC2)c2cccc(C)c12. The highest BCUT2D eigenvalue weighted by Crippen LogP contribution is 2.47. The Morgan fingerprint density at radius 3 is 2.31 bits per heavy atom. The van der Waals surface area contributed by atoms with Crippen molar-refractivity contribution in [1.82, 2.24) is 14.3 Å². The van der Waals surface area contributed by atoms with Crippen molar-refractivity contribution in [3.8, 4) is 16.2 Å². The Bertz CT molecular complexity index is 2730. The Balaban J connectivity index is 0.959. The molecule has 1 aromatic heterocycles. The van der Waals surface area contributed by atoms with Crippen molar-refractivity contribution in [2.75, 3.05) is 35.2 Å². The first-order chi connectivity index (χ1) is 33.5. The normalized spacial score (nSPS) is 16.5. The Kier molecular flexibility index (Phi) is 16.7. The lowest BCUT2D eigenvalue weighted by molar-refractivity contribution is -0.155. The van der Waals surface area contributed by atoms with Gasteiger partial charge in [-0.05, 0) is 131 Å². The molecule has 0 radical (unpaired) electrons. The van der Waals surface area contributed by atoms with Crippen LogP contribution in [0, 0.1) is 6.92 Å². The molecule has 17 heteroatoms. The summed E-state index contributed by atoms with van der Waals surface area (Å²) < 4.78 is 22.2. The number of rotatable bonds is 19. The molecular formula is C53H60ClFN6O7S2. The van der Waals surface area contributed by atoms with Gasteiger partial charge in [0, 0.05) is 52.7 Å². The van der Waals surface area contributed by atoms with Crippen LogP contribution in [0.15, 0.2) is 78.9 Å². The van der Waals surface area contributed by atoms with Gasteiger partial charge in [0.2, 0.25) is 12.8 Å². The van der Waals surface area contributed by atoms with Crippen LogP contribution in [0.25, 0.3) is 21.2 Å². The zero-order valence-electron chi connectivity index (χ0n) is 40.3. The first kappa shape index (κ1) is 52.0. The summed E-state index contributed by atoms with van der Waals surface area (Å²) in [6, 6.07) is 24.4. The van der Waals surface area contributed by atoms with Crippen molar-refractivity contribution in [3.63, 3.8) is 0 Å². The molecule has 1 unspecified atom stereocenters. The van der Waals surface area contributed by atoms with E-state index in [1.165, 1.54) is 16.2 Å². The molecule has 1 atom stereocenters. The minimum absolute atomic E-state index is 0.123. The number of carbonyl (C=O) groups is 6. The Hall–Kier alpha value is -5.81. The summed E-state index contributed by atoms with van der Waals surface area (Å²) in [6.07, 6.45) is 5.51. The minimum atomic E-state index is -1.19. The number of hydrogen-bond acceptors (Lipinski definition) is 11. The maximum Gasteiger partial charge on any atom is 0.321 e. The maximum absolute atomic E-state index is 14.2. The third-order valence-corrected chi connectivity index (χ3v) is 16.6. The number of benzene rings is 4. The fourth-order valence-electron chi connectivity index (χ4n) is 10.4. The molecule has 70 heavy (non-hydrogen) atoms. The van der Waals surface area contributed by atoms with E-state index >= 15 is 0 Å². The predicted molar refractivity (Wildman–Crippen MR) is 279 cm³/mol. The average molecular weight is 1010 g/mol. The lowest BCUT2D eigenvalue weighted by atomic mass is 9.79. The summed E-state index contributed by atoms with van der Waals surface area (Å²) >= 11 is 9.69. The van der Waals surface area contributed by atoms with E-state index in [2.05, 4.69) is 48.7 Å². The van der Waals surface area contributed by atoms with E-state index < -0.39 is 17.1 Å². The summed E-state index contributed by atoms with van der Waals surface area (Å²) in [5.74, 6) is -0.0345. The van der Waals surface area contributed by atoms with Gasteiger partial charge in [-0.1, -0.05) is 89.9 Å². The van der Waals surface area contributed by atoms with E-state index in [0.29, 0.717) is 64.7 Å². The molecule has 2 aliphatic heterocycles. The van der Waals surface area contributed by atoms with Crippen LogP contribution in [0.1, 0.15) is 105 Å². The minimum Gasteiger partial charge on any atom is -0.483 e. The summed E-state index contributed by atoms with van der Waals surface area (Å²) in [4.78, 5) is 77.2. The topological polar surface area (TPSA) is 149 Å². The standard InChI is InChI=1S/C53H60ClFN6O7S2/c1-7-11-44(50(66)60(55)33-65)59(32-64)43-19-18-41(42-17-8-12-34(2)46(42)43)36-20-22-58(23-21-36)51(67)57-38-15-9-13-35(26-38)31-69-61-52(3,4)28-40(29-53(61,5)6)56-39-16-10-14-37(27-39)49-47(54)48(68-25-24-62)45(30-63)70-49/h8-10,12-19,24,26-27,30,32-33,36,40,44,56H,7,11,20-23,25,28-29,31H2,1-6H3,(H,57,67). The van der Waals surface area contributed by atoms with Crippen molar-refractivity contribution in [2.45, 2.75) is 115 Å². The van der Waals surface area contributed by atoms with Crippen molar-refractivity contribution in [1.29, 1.82) is 0 Å². The van der Waals surface area contributed by atoms with Crippen molar-refractivity contribution < 1.29 is 38.0 Å². The van der Waals surface area contributed by atoms with Gasteiger partial charge >= 0.3 is 6.03 Å². The molecule has 2 fully saturated rings. The molecule has 0 saturated carbocycles. The zero-order valence-corrected chi connectivity index (χ0v) is 42.7. The second kappa shape index (κ2) is 22.5. The molecule has 3 heterocycles. The summed E-state index contributed by atoms with van der Waals surface area (Å²) in [5.41, 5.74) is 5.66. The van der Waals surface area contributed by atoms with Gasteiger partial charge in [-0.2, -0.15) is 0 Å². The summed E-state index contributed by atoms with van der Waals surface area (Å²) in [5, 5.41) is 8.42. The number of ether oxygens (including phenoxy) is 1. The Morgan fingerprint density at radius 1 is 0.943 bits per heavy atom. The number of aryl methyl sites for hydroxylation is 1. The van der Waals surface area contributed by atoms with Crippen LogP contribution in [0.3, 0.4) is 0 Å². The first-order valence-electron chi connectivity index (χ1n) is 23.5. The number of hydrogen-bond donors (Lipinski definition) is 2. The van der Waals surface area contributed by atoms with Gasteiger partial charge in [-0.3, -0.25) is 24.0 Å². The van der Waals surface area contributed by atoms with Crippen LogP contribution in [0.5, 0.6) is 5.75 Å². The fourth-order valence-corrected chi connectivity index (χ4v) is 13.1. The highest BCUT2D eigenvalue weighted by Gasteiger charge is 2.46. The Morgan fingerprint density at radius 2 is 1.64 bits per heavy atom. The average Bonchev–Trinajstić information content (AvgIpc) is 3.66. The van der Waals surface area contributed by atoms with Gasteiger partial charge in [0.25, 0.3) is 5.91 Å². The van der Waals surface area contributed by atoms with Gasteiger partial charge in [-0.25, -0.2) is 9.10 Å². The van der Waals surface area contributed by atoms with Gasteiger partial charge in [0.05, 0.1) is 10.6 Å². The van der Waals surface area contributed by atoms with E-state index in [1.807, 2.05) is 85.5 Å². The van der Waals surface area contributed by atoms with Crippen LogP contribution < -0.4 is 20.3 Å². The van der Waals surface area contributed by atoms with E-state index in [4.69, 9.17) is 16.3 Å². The second-order valence-corrected chi connectivity index (χ2v) is 21.5. The molecule has 4 aromatic carbocycles. The van der Waals surface area contributed by atoms with Gasteiger partial charge in [-0.15, -0.1) is 16.5 Å². The lowest BCUT2D eigenvalue weighted by Crippen LogP contribution is -2.59. The molecule has 2 aliphatic rings. The number of carbonyl (C=O) groups excluding carboxylic acids is 6. The number of halogens is 2. The van der Waals surface area contributed by atoms with Crippen LogP contribution in [0.4, 0.5) is 26.3 Å². The number of thiophene rings is 1. The highest BCUT2D eigenvalue weighted by molar-refractivity contribution is 7.96. The molecule has 7 rings (SSSR count). The monoisotopic (exact) mass is 1010 g/mol. The molecule has 2 N–H and O–H groups in total. The van der Waals surface area contributed by atoms with Gasteiger partial charge in [0.1, 0.15) is 22.5 Å². The second-order valence-electron chi connectivity index (χ2n) is 19.2. The number of nitrogens with one attached hydrogen (secondary N) is 2. The quantitative estimate of drug-likeness (QED) is 0.0465. The van der Waals surface area contributed by atoms with Crippen molar-refractivity contribution >= 4 is 100 Å². The number of piperidine rings is 2. The number of amides is 5. The molecule has 0 spiro atoms. The number of nitrogens with zero attached hydrogens (tertiary/aromatic N) is 4. The molecule has 0 bridgehead atoms. The molecule has 5 amide bonds. The largest absolute Gasteiger partial charge is 0.483 e. The van der Waals surface area contributed by atoms with E-state index in [1.54, 1.807) is 18.0 Å². The molecule has 370 valence electrons. The van der Waals surface area contributed by atoms with E-state index in [-0.39, 0.29) is 54.3 Å². The first-order valence-corrected chi connectivity index (χ1v) is 25.7. The predicted octanol–water partition coefficient (Wildman–Crippen LogP) is 11.6. The summed E-state index contributed by atoms with van der Waals surface area (Å²) in [7, 11) is 0. The van der Waals surface area contributed by atoms with Crippen LogP contribution in [0.2, 0.25) is 5.02 Å². The lowest BCUT2D eigenvalue weighted by Gasteiger charge is -2.54. The molecule has 5 aromatic rings. The third-order valence-electron chi connectivity index (χ3n) is 13.2. The van der Waals surface area contributed by atoms with Crippen LogP contribution >= 0.6 is 34.9 Å². The van der Waals surface area contributed by atoms with E-state index in [9.17, 15) is 33.2 Å². The molecular weight excluding hydrogens is 951 g/mol. The number of anilines is 3. The molecule has 0 aliphatic carbocycles. The molecule has 2 saturated heterocycles. The van der Waals surface area contributed by atoms with Gasteiger partial charge < -0.3 is 25.2 Å². The van der Waals surface area contributed by atoms with Crippen LogP contribution in [-0.2, 0) is 24.9 Å². The number of likely N-dealkylation sites (tertiary alicyclic amines) is 1. The zero-order chi connectivity index (χ0) is 50.3.